The van der Waals surface area contributed by atoms with Gasteiger partial charge < -0.3 is 9.80 Å². The van der Waals surface area contributed by atoms with Gasteiger partial charge in [0.1, 0.15) is 6.54 Å². The SMILES string of the molecule is Cc1cn(CC(=O)N2CCC3(CCCN(CC4CCC4)C3=O)C2)c(=O)[nH]c1=O. The largest absolute Gasteiger partial charge is 0.342 e. The molecule has 2 saturated heterocycles. The smallest absolute Gasteiger partial charge is 0.328 e. The number of piperidine rings is 1. The van der Waals surface area contributed by atoms with Crippen LogP contribution in [0.3, 0.4) is 0 Å². The summed E-state index contributed by atoms with van der Waals surface area (Å²) in [6, 6.07) is 0. The summed E-state index contributed by atoms with van der Waals surface area (Å²) in [5, 5.41) is 0. The zero-order valence-corrected chi connectivity index (χ0v) is 16.4. The molecule has 152 valence electrons. The molecule has 1 aromatic heterocycles. The molecular formula is C20H28N4O4. The maximum atomic E-state index is 13.2. The highest BCUT2D eigenvalue weighted by molar-refractivity contribution is 5.86. The van der Waals surface area contributed by atoms with Gasteiger partial charge in [-0.25, -0.2) is 4.79 Å². The number of hydrogen-bond acceptors (Lipinski definition) is 4. The molecule has 3 aliphatic rings. The molecule has 2 aliphatic heterocycles. The number of nitrogens with zero attached hydrogens (tertiary/aromatic N) is 3. The quantitative estimate of drug-likeness (QED) is 0.812. The van der Waals surface area contributed by atoms with Crippen molar-refractivity contribution in [2.75, 3.05) is 26.2 Å². The van der Waals surface area contributed by atoms with Crippen LogP contribution in [0.4, 0.5) is 0 Å². The van der Waals surface area contributed by atoms with E-state index in [-0.39, 0.29) is 18.4 Å². The van der Waals surface area contributed by atoms with Crippen LogP contribution < -0.4 is 11.2 Å². The first kappa shape index (κ1) is 19.0. The topological polar surface area (TPSA) is 95.5 Å². The van der Waals surface area contributed by atoms with Crippen LogP contribution >= 0.6 is 0 Å². The minimum atomic E-state index is -0.585. The first-order valence-electron chi connectivity index (χ1n) is 10.3. The van der Waals surface area contributed by atoms with E-state index in [1.807, 2.05) is 4.90 Å². The Bertz CT molecular complexity index is 900. The molecule has 2 amide bonds. The van der Waals surface area contributed by atoms with E-state index in [1.165, 1.54) is 30.0 Å². The Kier molecular flexibility index (Phi) is 4.89. The molecule has 8 nitrogen and oxygen atoms in total. The molecule has 8 heteroatoms. The lowest BCUT2D eigenvalue weighted by molar-refractivity contribution is -0.147. The monoisotopic (exact) mass is 388 g/mol. The number of likely N-dealkylation sites (tertiary alicyclic amines) is 2. The summed E-state index contributed by atoms with van der Waals surface area (Å²) in [5.74, 6) is 0.668. The van der Waals surface area contributed by atoms with Gasteiger partial charge in [-0.15, -0.1) is 0 Å². The second kappa shape index (κ2) is 7.22. The molecule has 0 aromatic carbocycles. The third-order valence-corrected chi connectivity index (χ3v) is 6.73. The van der Waals surface area contributed by atoms with Crippen molar-refractivity contribution in [3.8, 4) is 0 Å². The first-order chi connectivity index (χ1) is 13.4. The van der Waals surface area contributed by atoms with Crippen molar-refractivity contribution in [3.63, 3.8) is 0 Å². The summed E-state index contributed by atoms with van der Waals surface area (Å²) in [6.45, 7) is 4.15. The van der Waals surface area contributed by atoms with Gasteiger partial charge in [-0.1, -0.05) is 6.42 Å². The number of hydrogen-bond donors (Lipinski definition) is 1. The van der Waals surface area contributed by atoms with Crippen LogP contribution in [-0.4, -0.2) is 57.3 Å². The molecule has 3 heterocycles. The lowest BCUT2D eigenvalue weighted by Crippen LogP contribution is -2.52. The van der Waals surface area contributed by atoms with Crippen LogP contribution in [-0.2, 0) is 16.1 Å². The third-order valence-electron chi connectivity index (χ3n) is 6.73. The Hall–Kier alpha value is -2.38. The molecule has 3 fully saturated rings. The van der Waals surface area contributed by atoms with Crippen molar-refractivity contribution in [1.29, 1.82) is 0 Å². The Morgan fingerprint density at radius 2 is 1.96 bits per heavy atom. The molecular weight excluding hydrogens is 360 g/mol. The molecule has 28 heavy (non-hydrogen) atoms. The zero-order valence-electron chi connectivity index (χ0n) is 16.4. The Morgan fingerprint density at radius 1 is 1.18 bits per heavy atom. The summed E-state index contributed by atoms with van der Waals surface area (Å²) in [5.41, 5.74) is -1.09. The average molecular weight is 388 g/mol. The van der Waals surface area contributed by atoms with Gasteiger partial charge in [0.25, 0.3) is 5.56 Å². The number of H-pyrrole nitrogens is 1. The number of rotatable bonds is 4. The standard InChI is InChI=1S/C20H28N4O4/c1-14-10-24(19(28)21-17(14)26)12-16(25)23-9-7-20(13-23)6-3-8-22(18(20)27)11-15-4-2-5-15/h10,15H,2-9,11-13H2,1H3,(H,21,26,28). The predicted octanol–water partition coefficient (Wildman–Crippen LogP) is 0.486. The molecule has 0 radical (unpaired) electrons. The van der Waals surface area contributed by atoms with Crippen molar-refractivity contribution < 1.29 is 9.59 Å². The van der Waals surface area contributed by atoms with Gasteiger partial charge in [0.05, 0.1) is 5.41 Å². The van der Waals surface area contributed by atoms with Crippen LogP contribution in [0.25, 0.3) is 0 Å². The number of aromatic nitrogens is 2. The maximum absolute atomic E-state index is 13.2. The maximum Gasteiger partial charge on any atom is 0.328 e. The Balaban J connectivity index is 1.43. The van der Waals surface area contributed by atoms with E-state index < -0.39 is 16.7 Å². The number of carbonyl (C=O) groups is 2. The molecule has 1 N–H and O–H groups in total. The van der Waals surface area contributed by atoms with E-state index in [4.69, 9.17) is 0 Å². The van der Waals surface area contributed by atoms with Crippen LogP contribution in [0.2, 0.25) is 0 Å². The fraction of sp³-hybridized carbons (Fsp3) is 0.700. The van der Waals surface area contributed by atoms with Crippen molar-refractivity contribution in [2.45, 2.75) is 52.0 Å². The van der Waals surface area contributed by atoms with E-state index in [0.717, 1.165) is 25.9 Å². The first-order valence-corrected chi connectivity index (χ1v) is 10.3. The molecule has 1 aromatic rings. The van der Waals surface area contributed by atoms with Gasteiger partial charge in [-0.05, 0) is 44.9 Å². The molecule has 1 saturated carbocycles. The van der Waals surface area contributed by atoms with Gasteiger partial charge >= 0.3 is 5.69 Å². The van der Waals surface area contributed by atoms with E-state index in [0.29, 0.717) is 31.0 Å². The molecule has 4 rings (SSSR count). The summed E-state index contributed by atoms with van der Waals surface area (Å²) < 4.78 is 1.23. The van der Waals surface area contributed by atoms with E-state index in [9.17, 15) is 19.2 Å². The Morgan fingerprint density at radius 3 is 2.68 bits per heavy atom. The number of carbonyl (C=O) groups excluding carboxylic acids is 2. The average Bonchev–Trinajstić information content (AvgIpc) is 3.05. The van der Waals surface area contributed by atoms with E-state index in [2.05, 4.69) is 4.98 Å². The zero-order chi connectivity index (χ0) is 19.9. The molecule has 0 bridgehead atoms. The number of aromatic amines is 1. The molecule has 1 atom stereocenters. The fourth-order valence-corrected chi connectivity index (χ4v) is 4.76. The highest BCUT2D eigenvalue weighted by Crippen LogP contribution is 2.41. The lowest BCUT2D eigenvalue weighted by atomic mass is 9.77. The summed E-state index contributed by atoms with van der Waals surface area (Å²) in [7, 11) is 0. The summed E-state index contributed by atoms with van der Waals surface area (Å²) in [6.07, 6.45) is 7.62. The molecule has 1 unspecified atom stereocenters. The van der Waals surface area contributed by atoms with Crippen molar-refractivity contribution in [3.05, 3.63) is 32.6 Å². The number of aryl methyl sites for hydroxylation is 1. The van der Waals surface area contributed by atoms with Crippen LogP contribution in [0, 0.1) is 18.3 Å². The van der Waals surface area contributed by atoms with E-state index in [1.54, 1.807) is 11.8 Å². The summed E-state index contributed by atoms with van der Waals surface area (Å²) >= 11 is 0. The van der Waals surface area contributed by atoms with Crippen LogP contribution in [0.15, 0.2) is 15.8 Å². The van der Waals surface area contributed by atoms with Gasteiger partial charge in [-0.3, -0.25) is 23.9 Å². The normalized spacial score (nSPS) is 25.4. The van der Waals surface area contributed by atoms with Gasteiger partial charge in [-0.2, -0.15) is 0 Å². The highest BCUT2D eigenvalue weighted by Gasteiger charge is 2.49. The summed E-state index contributed by atoms with van der Waals surface area (Å²) in [4.78, 5) is 55.3. The third kappa shape index (κ3) is 3.40. The van der Waals surface area contributed by atoms with Crippen LogP contribution in [0.5, 0.6) is 0 Å². The number of nitrogens with one attached hydrogen (secondary N) is 1. The highest BCUT2D eigenvalue weighted by atomic mass is 16.2. The minimum Gasteiger partial charge on any atom is -0.342 e. The molecule has 1 aliphatic carbocycles. The van der Waals surface area contributed by atoms with Gasteiger partial charge in [0, 0.05) is 37.9 Å². The second-order valence-electron chi connectivity index (χ2n) is 8.70. The van der Waals surface area contributed by atoms with Crippen LogP contribution in [0.1, 0.15) is 44.1 Å². The minimum absolute atomic E-state index is 0.119. The predicted molar refractivity (Wildman–Crippen MR) is 103 cm³/mol. The van der Waals surface area contributed by atoms with Crippen molar-refractivity contribution in [1.82, 2.24) is 19.4 Å². The number of amides is 2. The van der Waals surface area contributed by atoms with Crippen molar-refractivity contribution >= 4 is 11.8 Å². The second-order valence-corrected chi connectivity index (χ2v) is 8.70. The van der Waals surface area contributed by atoms with Gasteiger partial charge in [0.15, 0.2) is 0 Å². The van der Waals surface area contributed by atoms with Gasteiger partial charge in [0.2, 0.25) is 11.8 Å². The van der Waals surface area contributed by atoms with E-state index >= 15 is 0 Å². The Labute approximate surface area is 163 Å². The lowest BCUT2D eigenvalue weighted by Gasteiger charge is -2.42. The molecule has 1 spiro atoms. The van der Waals surface area contributed by atoms with Crippen molar-refractivity contribution in [2.24, 2.45) is 11.3 Å². The fourth-order valence-electron chi connectivity index (χ4n) is 4.76.